The molecule has 0 saturated carbocycles. The van der Waals surface area contributed by atoms with Crippen molar-refractivity contribution in [1.82, 2.24) is 24.9 Å². The van der Waals surface area contributed by atoms with Crippen molar-refractivity contribution >= 4 is 23.0 Å². The summed E-state index contributed by atoms with van der Waals surface area (Å²) < 4.78 is 62.1. The molecule has 7 heterocycles. The van der Waals surface area contributed by atoms with E-state index in [9.17, 15) is 14.7 Å². The van der Waals surface area contributed by atoms with Crippen LogP contribution in [0.25, 0.3) is 11.2 Å². The van der Waals surface area contributed by atoms with Crippen LogP contribution in [-0.4, -0.2) is 48.4 Å². The molecule has 2 aromatic heterocycles. The van der Waals surface area contributed by atoms with Crippen LogP contribution in [0.4, 0.5) is 17.6 Å². The molecule has 0 radical (unpaired) electrons. The van der Waals surface area contributed by atoms with Crippen molar-refractivity contribution in [3.05, 3.63) is 86.6 Å². The van der Waals surface area contributed by atoms with Crippen molar-refractivity contribution in [2.24, 2.45) is 5.92 Å². The quantitative estimate of drug-likeness (QED) is 0.226. The number of carbonyl (C=O) groups excluding carboxylic acids is 1. The zero-order valence-corrected chi connectivity index (χ0v) is 24.3. The SMILES string of the molecule is Cc1c2cnc3c1nnn3CCCCCCc1c(F)c(F)c(c(F)c1F)C(=O)N1CCc3ccc(cc3C1)[C@H]2[C@@H](C)C(=O)O. The van der Waals surface area contributed by atoms with Gasteiger partial charge in [-0.1, -0.05) is 43.2 Å². The van der Waals surface area contributed by atoms with Gasteiger partial charge in [-0.3, -0.25) is 9.59 Å². The number of nitrogens with zero attached hydrogens (tertiary/aromatic N) is 5. The Morgan fingerprint density at radius 2 is 1.70 bits per heavy atom. The van der Waals surface area contributed by atoms with Gasteiger partial charge in [0.2, 0.25) is 0 Å². The maximum absolute atomic E-state index is 15.2. The van der Waals surface area contributed by atoms with Crippen LogP contribution in [0.15, 0.2) is 24.4 Å². The van der Waals surface area contributed by atoms with Crippen LogP contribution in [0.1, 0.15) is 82.3 Å². The Morgan fingerprint density at radius 3 is 2.43 bits per heavy atom. The van der Waals surface area contributed by atoms with E-state index in [-0.39, 0.29) is 25.9 Å². The molecular formula is C32H31F4N5O3. The minimum atomic E-state index is -1.69. The van der Waals surface area contributed by atoms with Gasteiger partial charge in [0, 0.05) is 37.3 Å². The van der Waals surface area contributed by atoms with Crippen molar-refractivity contribution in [2.75, 3.05) is 6.54 Å². The Labute approximate surface area is 250 Å². The second kappa shape index (κ2) is 11.6. The number of rotatable bonds is 2. The largest absolute Gasteiger partial charge is 0.481 e. The van der Waals surface area contributed by atoms with Crippen LogP contribution in [0.5, 0.6) is 0 Å². The zero-order chi connectivity index (χ0) is 31.3. The summed E-state index contributed by atoms with van der Waals surface area (Å²) >= 11 is 0. The van der Waals surface area contributed by atoms with Gasteiger partial charge in [0.05, 0.1) is 5.92 Å². The fourth-order valence-corrected chi connectivity index (χ4v) is 6.49. The van der Waals surface area contributed by atoms with Crippen molar-refractivity contribution in [2.45, 2.75) is 71.4 Å². The van der Waals surface area contributed by atoms with Crippen molar-refractivity contribution in [3.63, 3.8) is 0 Å². The molecule has 44 heavy (non-hydrogen) atoms. The first kappa shape index (κ1) is 29.7. The highest BCUT2D eigenvalue weighted by Gasteiger charge is 2.34. The molecule has 1 amide bonds. The Morgan fingerprint density at radius 1 is 0.977 bits per heavy atom. The minimum Gasteiger partial charge on any atom is -0.481 e. The summed E-state index contributed by atoms with van der Waals surface area (Å²) in [5, 5.41) is 18.7. The number of aryl methyl sites for hydroxylation is 2. The summed E-state index contributed by atoms with van der Waals surface area (Å²) in [5.41, 5.74) is 2.76. The molecule has 4 aromatic rings. The van der Waals surface area contributed by atoms with E-state index in [1.54, 1.807) is 23.9 Å². The molecule has 2 aromatic carbocycles. The van der Waals surface area contributed by atoms with Gasteiger partial charge in [0.1, 0.15) is 11.1 Å². The number of halogens is 4. The Balaban J connectivity index is 1.48. The first-order valence-corrected chi connectivity index (χ1v) is 14.8. The fourth-order valence-electron chi connectivity index (χ4n) is 6.49. The number of hydrogen-bond acceptors (Lipinski definition) is 5. The molecular weight excluding hydrogens is 578 g/mol. The van der Waals surface area contributed by atoms with Crippen molar-refractivity contribution in [3.8, 4) is 0 Å². The molecule has 0 unspecified atom stereocenters. The first-order valence-electron chi connectivity index (χ1n) is 14.8. The van der Waals surface area contributed by atoms with Crippen LogP contribution in [0, 0.1) is 36.1 Å². The van der Waals surface area contributed by atoms with Gasteiger partial charge >= 0.3 is 5.97 Å². The predicted molar refractivity (Wildman–Crippen MR) is 152 cm³/mol. The van der Waals surface area contributed by atoms with E-state index in [0.29, 0.717) is 60.1 Å². The van der Waals surface area contributed by atoms with E-state index in [4.69, 9.17) is 0 Å². The zero-order valence-electron chi connectivity index (χ0n) is 24.3. The van der Waals surface area contributed by atoms with Gasteiger partial charge in [0.25, 0.3) is 5.91 Å². The maximum atomic E-state index is 15.2. The molecule has 5 aliphatic rings. The number of carboxylic acids is 1. The maximum Gasteiger partial charge on any atom is 0.307 e. The Hall–Kier alpha value is -4.35. The molecule has 0 fully saturated rings. The monoisotopic (exact) mass is 609 g/mol. The van der Waals surface area contributed by atoms with E-state index < -0.39 is 58.1 Å². The summed E-state index contributed by atoms with van der Waals surface area (Å²) in [4.78, 5) is 31.5. The second-order valence-electron chi connectivity index (χ2n) is 11.7. The molecule has 5 aliphatic heterocycles. The van der Waals surface area contributed by atoms with Gasteiger partial charge in [-0.15, -0.1) is 5.10 Å². The number of aliphatic carboxylic acids is 1. The third-order valence-corrected chi connectivity index (χ3v) is 9.05. The smallest absolute Gasteiger partial charge is 0.307 e. The number of carbonyl (C=O) groups is 2. The molecule has 2 atom stereocenters. The van der Waals surface area contributed by atoms with Crippen LogP contribution in [0.2, 0.25) is 0 Å². The summed E-state index contributed by atoms with van der Waals surface area (Å²) in [6, 6.07) is 5.46. The average molecular weight is 610 g/mol. The van der Waals surface area contributed by atoms with Crippen LogP contribution in [0.3, 0.4) is 0 Å². The number of hydrogen-bond donors (Lipinski definition) is 1. The lowest BCUT2D eigenvalue weighted by atomic mass is 9.79. The summed E-state index contributed by atoms with van der Waals surface area (Å²) in [7, 11) is 0. The topological polar surface area (TPSA) is 101 Å². The number of pyridine rings is 1. The molecule has 12 heteroatoms. The van der Waals surface area contributed by atoms with Crippen LogP contribution >= 0.6 is 0 Å². The number of carboxylic acid groups (broad SMARTS) is 1. The summed E-state index contributed by atoms with van der Waals surface area (Å²) in [6.07, 6.45) is 3.90. The van der Waals surface area contributed by atoms with E-state index in [1.807, 2.05) is 19.1 Å². The fraction of sp³-hybridized carbons (Fsp3) is 0.406. The van der Waals surface area contributed by atoms with Crippen molar-refractivity contribution < 1.29 is 32.3 Å². The molecule has 0 spiro atoms. The van der Waals surface area contributed by atoms with E-state index >= 15 is 17.6 Å². The number of aromatic nitrogens is 4. The van der Waals surface area contributed by atoms with Gasteiger partial charge in [-0.05, 0) is 60.4 Å². The Kier molecular flexibility index (Phi) is 7.85. The normalized spacial score (nSPS) is 18.2. The first-order chi connectivity index (χ1) is 21.1. The number of benzene rings is 2. The van der Waals surface area contributed by atoms with Crippen LogP contribution in [-0.2, 0) is 30.7 Å². The molecule has 9 rings (SSSR count). The highest BCUT2D eigenvalue weighted by molar-refractivity contribution is 5.95. The summed E-state index contributed by atoms with van der Waals surface area (Å²) in [6.45, 7) is 3.94. The lowest BCUT2D eigenvalue weighted by Crippen LogP contribution is -2.37. The highest BCUT2D eigenvalue weighted by Crippen LogP contribution is 2.38. The average Bonchev–Trinajstić information content (AvgIpc) is 3.43. The van der Waals surface area contributed by atoms with Gasteiger partial charge in [-0.2, -0.15) is 0 Å². The molecule has 230 valence electrons. The van der Waals surface area contributed by atoms with Crippen LogP contribution < -0.4 is 0 Å². The van der Waals surface area contributed by atoms with E-state index in [1.165, 1.54) is 0 Å². The molecule has 0 aliphatic carbocycles. The summed E-state index contributed by atoms with van der Waals surface area (Å²) in [5.74, 6) is -10.2. The molecule has 9 bridgehead atoms. The molecule has 0 saturated heterocycles. The third-order valence-electron chi connectivity index (χ3n) is 9.05. The molecule has 1 N–H and O–H groups in total. The molecule has 8 nitrogen and oxygen atoms in total. The minimum absolute atomic E-state index is 0.0787. The lowest BCUT2D eigenvalue weighted by Gasteiger charge is -2.31. The second-order valence-corrected chi connectivity index (χ2v) is 11.7. The van der Waals surface area contributed by atoms with Gasteiger partial charge < -0.3 is 10.0 Å². The van der Waals surface area contributed by atoms with Crippen molar-refractivity contribution in [1.29, 1.82) is 0 Å². The standard InChI is InChI=1S/C32H31F4N5O3/c1-16-22-14-37-30-29(16)38-39-41(30)11-6-4-3-5-7-21-25(33)27(35)24(28(36)26(21)34)31(42)40-12-10-18-8-9-19(13-20(18)15-40)23(22)17(2)32(43)44/h8-9,13-14,17,23H,3-7,10-12,15H2,1-2H3,(H,43,44)/t17-,23-/m1/s1. The third kappa shape index (κ3) is 4.99. The van der Waals surface area contributed by atoms with Gasteiger partial charge in [0.15, 0.2) is 28.9 Å². The number of amides is 1. The van der Waals surface area contributed by atoms with Gasteiger partial charge in [-0.25, -0.2) is 27.2 Å². The van der Waals surface area contributed by atoms with E-state index in [0.717, 1.165) is 16.0 Å². The lowest BCUT2D eigenvalue weighted by molar-refractivity contribution is -0.141. The van der Waals surface area contributed by atoms with E-state index in [2.05, 4.69) is 15.3 Å². The highest BCUT2D eigenvalue weighted by atomic mass is 19.2. The predicted octanol–water partition coefficient (Wildman–Crippen LogP) is 5.86. The Bertz CT molecular complexity index is 1780.